The average molecular weight is 161 g/mol. The lowest BCUT2D eigenvalue weighted by atomic mass is 10.0. The van der Waals surface area contributed by atoms with E-state index < -0.39 is 0 Å². The maximum absolute atomic E-state index is 5.62. The Hall–Kier alpha value is -1.08. The Morgan fingerprint density at radius 2 is 2.08 bits per heavy atom. The molecule has 0 saturated carbocycles. The van der Waals surface area contributed by atoms with Crippen LogP contribution < -0.4 is 5.73 Å². The molecule has 1 rings (SSSR count). The van der Waals surface area contributed by atoms with Gasteiger partial charge in [-0.05, 0) is 30.5 Å². The first-order chi connectivity index (χ1) is 5.79. The zero-order chi connectivity index (χ0) is 8.97. The van der Waals surface area contributed by atoms with Crippen LogP contribution in [0.25, 0.3) is 5.57 Å². The Morgan fingerprint density at radius 3 is 2.58 bits per heavy atom. The van der Waals surface area contributed by atoms with Gasteiger partial charge >= 0.3 is 0 Å². The maximum atomic E-state index is 5.62. The van der Waals surface area contributed by atoms with Crippen LogP contribution in [0, 0.1) is 6.92 Å². The number of benzene rings is 1. The van der Waals surface area contributed by atoms with E-state index in [0.717, 1.165) is 0 Å². The van der Waals surface area contributed by atoms with E-state index in [1.807, 2.05) is 19.1 Å². The summed E-state index contributed by atoms with van der Waals surface area (Å²) >= 11 is 0. The van der Waals surface area contributed by atoms with E-state index in [1.165, 1.54) is 16.7 Å². The number of allylic oxidation sites excluding steroid dienone is 1. The molecule has 0 aliphatic carbocycles. The molecule has 0 unspecified atom stereocenters. The Labute approximate surface area is 73.9 Å². The minimum Gasteiger partial charge on any atom is -0.326 e. The highest BCUT2D eigenvalue weighted by Gasteiger charge is 1.99. The van der Waals surface area contributed by atoms with Gasteiger partial charge in [-0.1, -0.05) is 30.3 Å². The molecule has 1 aromatic rings. The number of rotatable bonds is 2. The van der Waals surface area contributed by atoms with Crippen LogP contribution in [-0.2, 0) is 0 Å². The van der Waals surface area contributed by atoms with Crippen LogP contribution in [-0.4, -0.2) is 6.54 Å². The average Bonchev–Trinajstić information content (AvgIpc) is 2.10. The molecular weight excluding hydrogens is 146 g/mol. The molecule has 0 atom stereocenters. The van der Waals surface area contributed by atoms with Crippen LogP contribution in [0.15, 0.2) is 30.3 Å². The lowest BCUT2D eigenvalue weighted by molar-refractivity contribution is 1.24. The molecular formula is C11H15N. The van der Waals surface area contributed by atoms with Gasteiger partial charge in [-0.3, -0.25) is 0 Å². The molecule has 12 heavy (non-hydrogen) atoms. The highest BCUT2D eigenvalue weighted by Crippen LogP contribution is 2.16. The summed E-state index contributed by atoms with van der Waals surface area (Å²) in [7, 11) is 0. The second-order valence-electron chi connectivity index (χ2n) is 2.83. The quantitative estimate of drug-likeness (QED) is 0.708. The molecule has 0 amide bonds. The van der Waals surface area contributed by atoms with Crippen molar-refractivity contribution < 1.29 is 0 Å². The standard InChI is InChI=1S/C11H15N/c1-3-10(8-12)11-7-5-4-6-9(11)2/h3-7H,8,12H2,1-2H3/b10-3-. The third-order valence-corrected chi connectivity index (χ3v) is 2.06. The third-order valence-electron chi connectivity index (χ3n) is 2.06. The second-order valence-corrected chi connectivity index (χ2v) is 2.83. The van der Waals surface area contributed by atoms with Gasteiger partial charge in [0.15, 0.2) is 0 Å². The van der Waals surface area contributed by atoms with E-state index >= 15 is 0 Å². The van der Waals surface area contributed by atoms with Crippen LogP contribution in [0.3, 0.4) is 0 Å². The Bertz CT molecular complexity index is 287. The van der Waals surface area contributed by atoms with E-state index in [2.05, 4.69) is 25.1 Å². The van der Waals surface area contributed by atoms with Crippen LogP contribution >= 0.6 is 0 Å². The van der Waals surface area contributed by atoms with Gasteiger partial charge in [0.2, 0.25) is 0 Å². The van der Waals surface area contributed by atoms with E-state index in [1.54, 1.807) is 0 Å². The first-order valence-electron chi connectivity index (χ1n) is 4.21. The molecule has 0 aliphatic heterocycles. The fourth-order valence-electron chi connectivity index (χ4n) is 1.32. The van der Waals surface area contributed by atoms with Crippen molar-refractivity contribution in [3.63, 3.8) is 0 Å². The smallest absolute Gasteiger partial charge is 0.0180 e. The van der Waals surface area contributed by atoms with Gasteiger partial charge in [-0.25, -0.2) is 0 Å². The summed E-state index contributed by atoms with van der Waals surface area (Å²) in [5.74, 6) is 0. The van der Waals surface area contributed by atoms with Crippen LogP contribution in [0.1, 0.15) is 18.1 Å². The zero-order valence-electron chi connectivity index (χ0n) is 7.67. The number of hydrogen-bond acceptors (Lipinski definition) is 1. The Balaban J connectivity index is 3.10. The molecule has 1 heteroatoms. The van der Waals surface area contributed by atoms with Crippen molar-refractivity contribution in [3.05, 3.63) is 41.5 Å². The number of hydrogen-bond donors (Lipinski definition) is 1. The van der Waals surface area contributed by atoms with Crippen molar-refractivity contribution in [3.8, 4) is 0 Å². The number of aryl methyl sites for hydroxylation is 1. The Morgan fingerprint density at radius 1 is 1.42 bits per heavy atom. The van der Waals surface area contributed by atoms with Crippen LogP contribution in [0.5, 0.6) is 0 Å². The van der Waals surface area contributed by atoms with Crippen molar-refractivity contribution in [2.24, 2.45) is 5.73 Å². The van der Waals surface area contributed by atoms with Crippen molar-refractivity contribution in [2.45, 2.75) is 13.8 Å². The highest BCUT2D eigenvalue weighted by atomic mass is 14.5. The molecule has 64 valence electrons. The maximum Gasteiger partial charge on any atom is 0.0180 e. The summed E-state index contributed by atoms with van der Waals surface area (Å²) in [6, 6.07) is 8.30. The minimum atomic E-state index is 0.612. The first kappa shape index (κ1) is 9.01. The van der Waals surface area contributed by atoms with Gasteiger partial charge in [0.25, 0.3) is 0 Å². The fourth-order valence-corrected chi connectivity index (χ4v) is 1.32. The molecule has 1 aromatic carbocycles. The summed E-state index contributed by atoms with van der Waals surface area (Å²) in [6.07, 6.45) is 2.07. The number of nitrogens with two attached hydrogens (primary N) is 1. The zero-order valence-corrected chi connectivity index (χ0v) is 7.67. The van der Waals surface area contributed by atoms with Crippen molar-refractivity contribution in [1.29, 1.82) is 0 Å². The summed E-state index contributed by atoms with van der Waals surface area (Å²) in [5.41, 5.74) is 9.39. The highest BCUT2D eigenvalue weighted by molar-refractivity contribution is 5.68. The van der Waals surface area contributed by atoms with E-state index in [-0.39, 0.29) is 0 Å². The van der Waals surface area contributed by atoms with Gasteiger partial charge in [0, 0.05) is 6.54 Å². The molecule has 0 fully saturated rings. The fraction of sp³-hybridized carbons (Fsp3) is 0.273. The predicted molar refractivity (Wildman–Crippen MR) is 53.9 cm³/mol. The van der Waals surface area contributed by atoms with E-state index in [4.69, 9.17) is 5.73 Å². The summed E-state index contributed by atoms with van der Waals surface area (Å²) in [5, 5.41) is 0. The van der Waals surface area contributed by atoms with E-state index in [0.29, 0.717) is 6.54 Å². The van der Waals surface area contributed by atoms with Crippen LogP contribution in [0.4, 0.5) is 0 Å². The predicted octanol–water partition coefficient (Wildman–Crippen LogP) is 2.36. The third kappa shape index (κ3) is 1.74. The SMILES string of the molecule is C/C=C(/CN)c1ccccc1C. The van der Waals surface area contributed by atoms with E-state index in [9.17, 15) is 0 Å². The van der Waals surface area contributed by atoms with Gasteiger partial charge < -0.3 is 5.73 Å². The van der Waals surface area contributed by atoms with Gasteiger partial charge in [0.1, 0.15) is 0 Å². The lowest BCUT2D eigenvalue weighted by Gasteiger charge is -2.06. The lowest BCUT2D eigenvalue weighted by Crippen LogP contribution is -2.03. The minimum absolute atomic E-state index is 0.612. The topological polar surface area (TPSA) is 26.0 Å². The molecule has 0 radical (unpaired) electrons. The molecule has 0 spiro atoms. The van der Waals surface area contributed by atoms with Crippen molar-refractivity contribution in [1.82, 2.24) is 0 Å². The molecule has 2 N–H and O–H groups in total. The second kappa shape index (κ2) is 4.07. The summed E-state index contributed by atoms with van der Waals surface area (Å²) in [6.45, 7) is 4.74. The largest absolute Gasteiger partial charge is 0.326 e. The van der Waals surface area contributed by atoms with Gasteiger partial charge in [0.05, 0.1) is 0 Å². The Kier molecular flexibility index (Phi) is 3.06. The van der Waals surface area contributed by atoms with Crippen LogP contribution in [0.2, 0.25) is 0 Å². The van der Waals surface area contributed by atoms with Crippen molar-refractivity contribution >= 4 is 5.57 Å². The molecule has 0 bridgehead atoms. The van der Waals surface area contributed by atoms with Gasteiger partial charge in [-0.2, -0.15) is 0 Å². The summed E-state index contributed by atoms with van der Waals surface area (Å²) < 4.78 is 0. The van der Waals surface area contributed by atoms with Crippen molar-refractivity contribution in [2.75, 3.05) is 6.54 Å². The molecule has 0 heterocycles. The van der Waals surface area contributed by atoms with Gasteiger partial charge in [-0.15, -0.1) is 0 Å². The molecule has 0 aromatic heterocycles. The molecule has 0 aliphatic rings. The first-order valence-corrected chi connectivity index (χ1v) is 4.21. The normalized spacial score (nSPS) is 11.8. The molecule has 0 saturated heterocycles. The molecule has 1 nitrogen and oxygen atoms in total. The summed E-state index contributed by atoms with van der Waals surface area (Å²) in [4.78, 5) is 0. The monoisotopic (exact) mass is 161 g/mol.